The van der Waals surface area contributed by atoms with E-state index in [1.54, 1.807) is 0 Å². The standard InChI is InChI=1S/C27H33N/c1-10-13-15-21(8)27(25(19(4)5)16-14-11-2)28-24-17-23(12-3)22(9)26(18-24)20(6)7/h3,10-11,14-18,27-28H,1,4,9,13H2,2,5-8H3/b14-11-,21-15+,25-16+. The molecule has 0 spiro atoms. The first kappa shape index (κ1) is 23.1. The lowest BCUT2D eigenvalue weighted by Gasteiger charge is -2.25. The summed E-state index contributed by atoms with van der Waals surface area (Å²) in [6.45, 7) is 22.5. The van der Waals surface area contributed by atoms with E-state index in [-0.39, 0.29) is 6.04 Å². The summed E-state index contributed by atoms with van der Waals surface area (Å²) < 4.78 is 0. The highest BCUT2D eigenvalue weighted by Gasteiger charge is 2.17. The molecule has 0 heterocycles. The summed E-state index contributed by atoms with van der Waals surface area (Å²) in [5.41, 5.74) is 6.33. The van der Waals surface area contributed by atoms with Crippen LogP contribution in [0.5, 0.6) is 0 Å². The minimum Gasteiger partial charge on any atom is -0.374 e. The molecule has 146 valence electrons. The van der Waals surface area contributed by atoms with Gasteiger partial charge in [0.05, 0.1) is 6.04 Å². The summed E-state index contributed by atoms with van der Waals surface area (Å²) in [6, 6.07) is 4.10. The molecular weight excluding hydrogens is 338 g/mol. The lowest BCUT2D eigenvalue weighted by Crippen LogP contribution is -2.30. The first-order chi connectivity index (χ1) is 13.3. The smallest absolute Gasteiger partial charge is 0.0727 e. The van der Waals surface area contributed by atoms with Crippen molar-refractivity contribution in [2.45, 2.75) is 47.1 Å². The molecule has 0 saturated carbocycles. The number of anilines is 1. The van der Waals surface area contributed by atoms with Crippen molar-refractivity contribution < 1.29 is 0 Å². The maximum absolute atomic E-state index is 5.73. The molecule has 0 bridgehead atoms. The SMILES string of the molecule is C#Cc1cc(NC(/C(C)=C/CC=C)/C(=C/C=C\C)C(=C)C)cc(=C(C)C)c1=C. The van der Waals surface area contributed by atoms with Gasteiger partial charge in [-0.3, -0.25) is 0 Å². The molecule has 1 atom stereocenters. The largest absolute Gasteiger partial charge is 0.374 e. The van der Waals surface area contributed by atoms with Crippen molar-refractivity contribution in [1.82, 2.24) is 0 Å². The Bertz CT molecular complexity index is 970. The van der Waals surface area contributed by atoms with E-state index in [1.165, 1.54) is 11.1 Å². The molecule has 0 aliphatic heterocycles. The predicted octanol–water partition coefficient (Wildman–Crippen LogP) is 5.65. The number of hydrogen-bond acceptors (Lipinski definition) is 1. The second-order valence-corrected chi connectivity index (χ2v) is 7.17. The Labute approximate surface area is 171 Å². The van der Waals surface area contributed by atoms with Crippen LogP contribution in [0.15, 0.2) is 72.4 Å². The van der Waals surface area contributed by atoms with Crippen molar-refractivity contribution in [3.63, 3.8) is 0 Å². The molecule has 1 N–H and O–H groups in total. The lowest BCUT2D eigenvalue weighted by molar-refractivity contribution is 0.944. The Balaban J connectivity index is 3.63. The highest BCUT2D eigenvalue weighted by Crippen LogP contribution is 2.23. The van der Waals surface area contributed by atoms with Gasteiger partial charge in [0.15, 0.2) is 0 Å². The average Bonchev–Trinajstić information content (AvgIpc) is 2.65. The van der Waals surface area contributed by atoms with Crippen LogP contribution < -0.4 is 15.8 Å². The van der Waals surface area contributed by atoms with Crippen molar-refractivity contribution >= 4 is 17.8 Å². The fourth-order valence-corrected chi connectivity index (χ4v) is 3.01. The molecule has 1 unspecified atom stereocenters. The van der Waals surface area contributed by atoms with E-state index in [2.05, 4.69) is 70.0 Å². The number of rotatable bonds is 8. The predicted molar refractivity (Wildman–Crippen MR) is 128 cm³/mol. The van der Waals surface area contributed by atoms with E-state index in [1.807, 2.05) is 38.1 Å². The molecule has 1 aromatic carbocycles. The Morgan fingerprint density at radius 2 is 1.93 bits per heavy atom. The van der Waals surface area contributed by atoms with Gasteiger partial charge in [-0.05, 0) is 69.2 Å². The Hall–Kier alpha value is -2.98. The van der Waals surface area contributed by atoms with Crippen molar-refractivity contribution in [3.8, 4) is 12.3 Å². The van der Waals surface area contributed by atoms with Crippen LogP contribution in [0, 0.1) is 12.3 Å². The van der Waals surface area contributed by atoms with Gasteiger partial charge in [-0.25, -0.2) is 0 Å². The molecule has 1 rings (SSSR count). The minimum absolute atomic E-state index is 0.0139. The second-order valence-electron chi connectivity index (χ2n) is 7.17. The summed E-state index contributed by atoms with van der Waals surface area (Å²) in [5, 5.41) is 5.65. The van der Waals surface area contributed by atoms with Crippen LogP contribution in [0.2, 0.25) is 0 Å². The van der Waals surface area contributed by atoms with E-state index in [0.717, 1.165) is 39.3 Å². The summed E-state index contributed by atoms with van der Waals surface area (Å²) in [4.78, 5) is 0. The van der Waals surface area contributed by atoms with Gasteiger partial charge < -0.3 is 5.32 Å². The lowest BCUT2D eigenvalue weighted by atomic mass is 9.93. The van der Waals surface area contributed by atoms with E-state index in [4.69, 9.17) is 6.42 Å². The zero-order valence-electron chi connectivity index (χ0n) is 18.0. The molecule has 1 aromatic rings. The van der Waals surface area contributed by atoms with Gasteiger partial charge in [-0.2, -0.15) is 0 Å². The topological polar surface area (TPSA) is 12.0 Å². The zero-order valence-corrected chi connectivity index (χ0v) is 18.0. The number of allylic oxidation sites excluding steroid dienone is 5. The highest BCUT2D eigenvalue weighted by molar-refractivity contribution is 5.59. The molecule has 0 radical (unpaired) electrons. The van der Waals surface area contributed by atoms with Gasteiger partial charge in [0.2, 0.25) is 0 Å². The Kier molecular flexibility index (Phi) is 9.06. The Morgan fingerprint density at radius 3 is 2.43 bits per heavy atom. The number of hydrogen-bond donors (Lipinski definition) is 1. The normalized spacial score (nSPS) is 13.1. The van der Waals surface area contributed by atoms with E-state index >= 15 is 0 Å². The molecule has 0 aromatic heterocycles. The van der Waals surface area contributed by atoms with Gasteiger partial charge in [0, 0.05) is 11.3 Å². The summed E-state index contributed by atoms with van der Waals surface area (Å²) in [7, 11) is 0. The summed E-state index contributed by atoms with van der Waals surface area (Å²) in [6.07, 6.45) is 16.8. The van der Waals surface area contributed by atoms with Gasteiger partial charge in [-0.15, -0.1) is 13.0 Å². The van der Waals surface area contributed by atoms with Gasteiger partial charge in [0.1, 0.15) is 0 Å². The van der Waals surface area contributed by atoms with Crippen LogP contribution >= 0.6 is 0 Å². The molecule has 0 saturated heterocycles. The maximum Gasteiger partial charge on any atom is 0.0727 e. The van der Waals surface area contributed by atoms with Gasteiger partial charge in [-0.1, -0.05) is 66.2 Å². The maximum atomic E-state index is 5.73. The van der Waals surface area contributed by atoms with Crippen LogP contribution in [-0.4, -0.2) is 6.04 Å². The summed E-state index contributed by atoms with van der Waals surface area (Å²) in [5.74, 6) is 2.77. The van der Waals surface area contributed by atoms with E-state index < -0.39 is 0 Å². The van der Waals surface area contributed by atoms with Gasteiger partial charge >= 0.3 is 0 Å². The third-order valence-corrected chi connectivity index (χ3v) is 4.59. The molecule has 28 heavy (non-hydrogen) atoms. The summed E-state index contributed by atoms with van der Waals surface area (Å²) >= 11 is 0. The highest BCUT2D eigenvalue weighted by atomic mass is 14.9. The molecule has 0 aliphatic carbocycles. The average molecular weight is 372 g/mol. The van der Waals surface area contributed by atoms with Crippen molar-refractivity contribution in [3.05, 3.63) is 88.4 Å². The molecule has 0 amide bonds. The number of nitrogens with one attached hydrogen (secondary N) is 1. The molecule has 0 aliphatic rings. The van der Waals surface area contributed by atoms with Gasteiger partial charge in [0.25, 0.3) is 0 Å². The first-order valence-corrected chi connectivity index (χ1v) is 9.56. The van der Waals surface area contributed by atoms with E-state index in [0.29, 0.717) is 0 Å². The quantitative estimate of drug-likeness (QED) is 0.354. The van der Waals surface area contributed by atoms with Crippen molar-refractivity contribution in [2.75, 3.05) is 5.32 Å². The van der Waals surface area contributed by atoms with Crippen LogP contribution in [0.1, 0.15) is 46.6 Å². The molecule has 0 fully saturated rings. The number of benzene rings is 1. The van der Waals surface area contributed by atoms with Crippen LogP contribution in [-0.2, 0) is 0 Å². The fourth-order valence-electron chi connectivity index (χ4n) is 3.01. The molecular formula is C27H33N. The van der Waals surface area contributed by atoms with Crippen LogP contribution in [0.4, 0.5) is 5.69 Å². The first-order valence-electron chi connectivity index (χ1n) is 9.56. The minimum atomic E-state index is -0.0139. The Morgan fingerprint density at radius 1 is 1.25 bits per heavy atom. The molecule has 1 heteroatoms. The zero-order chi connectivity index (χ0) is 21.3. The number of terminal acetylenes is 1. The second kappa shape index (κ2) is 11.0. The molecule has 1 nitrogen and oxygen atoms in total. The third-order valence-electron chi connectivity index (χ3n) is 4.59. The van der Waals surface area contributed by atoms with Crippen LogP contribution in [0.25, 0.3) is 12.2 Å². The third kappa shape index (κ3) is 6.03. The van der Waals surface area contributed by atoms with Crippen molar-refractivity contribution in [2.24, 2.45) is 0 Å². The van der Waals surface area contributed by atoms with E-state index in [9.17, 15) is 0 Å². The monoisotopic (exact) mass is 371 g/mol. The fraction of sp³-hybridized carbons (Fsp3) is 0.259. The van der Waals surface area contributed by atoms with Crippen molar-refractivity contribution in [1.29, 1.82) is 0 Å². The van der Waals surface area contributed by atoms with Crippen LogP contribution in [0.3, 0.4) is 0 Å².